The van der Waals surface area contributed by atoms with Crippen LogP contribution < -0.4 is 11.1 Å². The van der Waals surface area contributed by atoms with Gasteiger partial charge in [0.15, 0.2) is 5.65 Å². The van der Waals surface area contributed by atoms with Crippen LogP contribution in [0.5, 0.6) is 0 Å². The number of benzene rings is 2. The minimum absolute atomic E-state index is 0.0639. The van der Waals surface area contributed by atoms with Gasteiger partial charge < -0.3 is 11.1 Å². The Hall–Kier alpha value is -4.59. The summed E-state index contributed by atoms with van der Waals surface area (Å²) in [6, 6.07) is 23.1. The molecule has 0 unspecified atom stereocenters. The Balaban J connectivity index is 1.50. The molecule has 3 N–H and O–H groups in total. The molecular weight excluding hydrogens is 438 g/mol. The predicted molar refractivity (Wildman–Crippen MR) is 138 cm³/mol. The number of nitrogen functional groups attached to an aromatic ring is 1. The van der Waals surface area contributed by atoms with Crippen LogP contribution >= 0.6 is 0 Å². The van der Waals surface area contributed by atoms with Crippen molar-refractivity contribution in [1.82, 2.24) is 24.9 Å². The van der Waals surface area contributed by atoms with Crippen molar-refractivity contribution in [2.45, 2.75) is 25.8 Å². The number of anilines is 1. The number of carbonyl (C=O) groups is 1. The highest BCUT2D eigenvalue weighted by molar-refractivity contribution is 6.10. The lowest BCUT2D eigenvalue weighted by Crippen LogP contribution is -2.33. The fourth-order valence-electron chi connectivity index (χ4n) is 3.95. The van der Waals surface area contributed by atoms with E-state index in [0.717, 1.165) is 12.8 Å². The first-order valence-electron chi connectivity index (χ1n) is 11.5. The molecule has 0 saturated heterocycles. The number of para-hydroxylation sites is 2. The second-order valence-corrected chi connectivity index (χ2v) is 8.35. The highest BCUT2D eigenvalue weighted by Gasteiger charge is 2.25. The van der Waals surface area contributed by atoms with Gasteiger partial charge in [0.1, 0.15) is 16.9 Å². The van der Waals surface area contributed by atoms with Crippen molar-refractivity contribution in [2.24, 2.45) is 5.10 Å². The molecule has 1 atom stereocenters. The van der Waals surface area contributed by atoms with E-state index in [0.29, 0.717) is 27.9 Å². The van der Waals surface area contributed by atoms with E-state index in [-0.39, 0.29) is 23.3 Å². The number of carbonyl (C=O) groups excluding carboxylic acids is 1. The van der Waals surface area contributed by atoms with Crippen LogP contribution in [0.1, 0.15) is 35.0 Å². The number of amides is 1. The van der Waals surface area contributed by atoms with Crippen LogP contribution in [-0.4, -0.2) is 37.8 Å². The summed E-state index contributed by atoms with van der Waals surface area (Å²) in [6.07, 6.45) is 4.91. The smallest absolute Gasteiger partial charge is 0.257 e. The zero-order valence-electron chi connectivity index (χ0n) is 19.3. The maximum absolute atomic E-state index is 13.4. The topological polar surface area (TPSA) is 111 Å². The Bertz CT molecular complexity index is 1510. The number of hydrogen-bond donors (Lipinski definition) is 2. The lowest BCUT2D eigenvalue weighted by Gasteiger charge is -2.14. The minimum Gasteiger partial charge on any atom is -0.383 e. The normalized spacial score (nSPS) is 12.4. The quantitative estimate of drug-likeness (QED) is 0.352. The Labute approximate surface area is 202 Å². The van der Waals surface area contributed by atoms with E-state index in [2.05, 4.69) is 27.5 Å². The number of fused-ring (bicyclic) bond motifs is 2. The molecule has 0 saturated carbocycles. The number of nitrogens with one attached hydrogen (secondary N) is 1. The number of nitrogens with zero attached hydrogens (tertiary/aromatic N) is 5. The van der Waals surface area contributed by atoms with E-state index in [1.54, 1.807) is 12.4 Å². The maximum Gasteiger partial charge on any atom is 0.257 e. The lowest BCUT2D eigenvalue weighted by atomic mass is 10.1. The molecule has 35 heavy (non-hydrogen) atoms. The van der Waals surface area contributed by atoms with Crippen molar-refractivity contribution in [3.05, 3.63) is 95.8 Å². The summed E-state index contributed by atoms with van der Waals surface area (Å²) in [7, 11) is 0. The van der Waals surface area contributed by atoms with Gasteiger partial charge in [0.05, 0.1) is 22.9 Å². The van der Waals surface area contributed by atoms with Crippen molar-refractivity contribution in [1.29, 1.82) is 0 Å². The Morgan fingerprint density at radius 2 is 1.74 bits per heavy atom. The summed E-state index contributed by atoms with van der Waals surface area (Å²) in [5.74, 6) is -0.125. The monoisotopic (exact) mass is 463 g/mol. The Kier molecular flexibility index (Phi) is 6.17. The van der Waals surface area contributed by atoms with Gasteiger partial charge in [0.2, 0.25) is 0 Å². The molecule has 174 valence electrons. The van der Waals surface area contributed by atoms with E-state index in [4.69, 9.17) is 15.7 Å². The molecule has 0 spiro atoms. The molecule has 0 aliphatic carbocycles. The number of rotatable bonds is 7. The largest absolute Gasteiger partial charge is 0.383 e. The van der Waals surface area contributed by atoms with Crippen LogP contribution in [0, 0.1) is 0 Å². The van der Waals surface area contributed by atoms with E-state index in [1.807, 2.05) is 67.6 Å². The van der Waals surface area contributed by atoms with Gasteiger partial charge >= 0.3 is 0 Å². The summed E-state index contributed by atoms with van der Waals surface area (Å²) in [4.78, 5) is 27.1. The molecule has 8 heteroatoms. The third-order valence-corrected chi connectivity index (χ3v) is 5.78. The third kappa shape index (κ3) is 4.72. The van der Waals surface area contributed by atoms with Gasteiger partial charge in [-0.1, -0.05) is 48.5 Å². The highest BCUT2D eigenvalue weighted by atomic mass is 16.1. The fourth-order valence-corrected chi connectivity index (χ4v) is 3.95. The van der Waals surface area contributed by atoms with E-state index >= 15 is 0 Å². The Morgan fingerprint density at radius 1 is 1.03 bits per heavy atom. The molecule has 0 radical (unpaired) electrons. The van der Waals surface area contributed by atoms with Crippen LogP contribution in [0.3, 0.4) is 0 Å². The van der Waals surface area contributed by atoms with Crippen LogP contribution in [-0.2, 0) is 6.42 Å². The first-order chi connectivity index (χ1) is 17.1. The average Bonchev–Trinajstić information content (AvgIpc) is 3.16. The second-order valence-electron chi connectivity index (χ2n) is 8.35. The van der Waals surface area contributed by atoms with Crippen LogP contribution in [0.4, 0.5) is 5.82 Å². The lowest BCUT2D eigenvalue weighted by molar-refractivity contribution is 0.0940. The highest BCUT2D eigenvalue weighted by Crippen LogP contribution is 2.28. The molecule has 3 heterocycles. The van der Waals surface area contributed by atoms with Crippen molar-refractivity contribution >= 4 is 40.1 Å². The molecule has 3 aromatic heterocycles. The molecule has 2 aromatic carbocycles. The van der Waals surface area contributed by atoms with Crippen molar-refractivity contribution in [2.75, 3.05) is 5.73 Å². The van der Waals surface area contributed by atoms with Gasteiger partial charge in [-0.2, -0.15) is 9.78 Å². The zero-order valence-corrected chi connectivity index (χ0v) is 19.3. The van der Waals surface area contributed by atoms with Gasteiger partial charge in [-0.05, 0) is 49.6 Å². The van der Waals surface area contributed by atoms with Gasteiger partial charge in [-0.3, -0.25) is 9.78 Å². The second kappa shape index (κ2) is 9.72. The van der Waals surface area contributed by atoms with Gasteiger partial charge in [0, 0.05) is 12.2 Å². The molecule has 0 aliphatic rings. The van der Waals surface area contributed by atoms with Crippen molar-refractivity contribution < 1.29 is 4.79 Å². The van der Waals surface area contributed by atoms with Crippen molar-refractivity contribution in [3.63, 3.8) is 0 Å². The molecule has 0 fully saturated rings. The minimum atomic E-state index is -0.301. The molecule has 1 amide bonds. The SMILES string of the molecule is C[C@@H](CCc1ccccc1)NC(=O)c1c(N)n(/N=C\c2ccccn2)c2nc3ccccc3nc12. The van der Waals surface area contributed by atoms with Gasteiger partial charge in [0.25, 0.3) is 5.91 Å². The van der Waals surface area contributed by atoms with Crippen molar-refractivity contribution in [3.8, 4) is 0 Å². The molecular formula is C27H25N7O. The summed E-state index contributed by atoms with van der Waals surface area (Å²) in [6.45, 7) is 1.98. The maximum atomic E-state index is 13.4. The fraction of sp³-hybridized carbons (Fsp3) is 0.148. The molecule has 0 aliphatic heterocycles. The standard InChI is InChI=1S/C27H25N7O/c1-18(14-15-19-9-3-2-4-10-19)31-27(35)23-24-26(33-22-13-6-5-12-21(22)32-24)34(25(23)28)30-17-20-11-7-8-16-29-20/h2-13,16-18H,14-15,28H2,1H3,(H,31,35)/b30-17-/t18-/m0/s1. The third-order valence-electron chi connectivity index (χ3n) is 5.78. The zero-order chi connectivity index (χ0) is 24.2. The number of aromatic nitrogens is 4. The molecule has 5 rings (SSSR count). The van der Waals surface area contributed by atoms with Crippen LogP contribution in [0.15, 0.2) is 84.1 Å². The van der Waals surface area contributed by atoms with Gasteiger partial charge in [-0.15, -0.1) is 0 Å². The van der Waals surface area contributed by atoms with E-state index in [1.165, 1.54) is 10.2 Å². The Morgan fingerprint density at radius 3 is 2.49 bits per heavy atom. The van der Waals surface area contributed by atoms with E-state index in [9.17, 15) is 4.79 Å². The first kappa shape index (κ1) is 22.2. The van der Waals surface area contributed by atoms with Crippen LogP contribution in [0.2, 0.25) is 0 Å². The summed E-state index contributed by atoms with van der Waals surface area (Å²) in [5, 5.41) is 7.56. The summed E-state index contributed by atoms with van der Waals surface area (Å²) >= 11 is 0. The molecule has 8 nitrogen and oxygen atoms in total. The first-order valence-corrected chi connectivity index (χ1v) is 11.5. The van der Waals surface area contributed by atoms with E-state index < -0.39 is 0 Å². The summed E-state index contributed by atoms with van der Waals surface area (Å²) < 4.78 is 1.45. The predicted octanol–water partition coefficient (Wildman–Crippen LogP) is 4.20. The summed E-state index contributed by atoms with van der Waals surface area (Å²) in [5.41, 5.74) is 10.8. The number of nitrogens with two attached hydrogens (primary N) is 1. The number of hydrogen-bond acceptors (Lipinski definition) is 6. The number of aryl methyl sites for hydroxylation is 1. The van der Waals surface area contributed by atoms with Gasteiger partial charge in [-0.25, -0.2) is 9.97 Å². The number of pyridine rings is 1. The van der Waals surface area contributed by atoms with Crippen LogP contribution in [0.25, 0.3) is 22.2 Å². The molecule has 0 bridgehead atoms. The molecule has 5 aromatic rings. The average molecular weight is 464 g/mol.